The molecule has 1 aromatic rings. The first kappa shape index (κ1) is 17.3. The summed E-state index contributed by atoms with van der Waals surface area (Å²) in [4.78, 5) is 15.1. The molecule has 0 unspecified atom stereocenters. The average Bonchev–Trinajstić information content (AvgIpc) is 2.74. The number of benzene rings is 1. The monoisotopic (exact) mass is 340 g/mol. The lowest BCUT2D eigenvalue weighted by atomic mass is 10.2. The minimum atomic E-state index is -0.990. The van der Waals surface area contributed by atoms with E-state index in [-0.39, 0.29) is 6.03 Å². The van der Waals surface area contributed by atoms with Crippen molar-refractivity contribution in [3.8, 4) is 0 Å². The Kier molecular flexibility index (Phi) is 6.76. The number of carbonyl (C=O) groups is 1. The van der Waals surface area contributed by atoms with Crippen LogP contribution < -0.4 is 5.32 Å². The molecule has 0 aliphatic carbocycles. The Morgan fingerprint density at radius 2 is 2.09 bits per heavy atom. The van der Waals surface area contributed by atoms with E-state index >= 15 is 0 Å². The van der Waals surface area contributed by atoms with Crippen LogP contribution in [-0.2, 0) is 10.8 Å². The zero-order chi connectivity index (χ0) is 15.9. The number of nitrogens with one attached hydrogen (secondary N) is 1. The molecule has 122 valence electrons. The van der Waals surface area contributed by atoms with E-state index in [0.717, 1.165) is 35.8 Å². The third-order valence-electron chi connectivity index (χ3n) is 3.76. The van der Waals surface area contributed by atoms with Crippen LogP contribution in [0.25, 0.3) is 0 Å². The quantitative estimate of drug-likeness (QED) is 0.912. The van der Waals surface area contributed by atoms with Crippen molar-refractivity contribution in [3.05, 3.63) is 24.3 Å². The van der Waals surface area contributed by atoms with E-state index in [1.165, 1.54) is 12.8 Å². The lowest BCUT2D eigenvalue weighted by Gasteiger charge is -2.24. The second kappa shape index (κ2) is 8.58. The third kappa shape index (κ3) is 5.02. The molecule has 0 spiro atoms. The van der Waals surface area contributed by atoms with E-state index in [4.69, 9.17) is 0 Å². The van der Waals surface area contributed by atoms with Crippen LogP contribution in [0.4, 0.5) is 10.5 Å². The van der Waals surface area contributed by atoms with Gasteiger partial charge >= 0.3 is 6.03 Å². The summed E-state index contributed by atoms with van der Waals surface area (Å²) in [5.74, 6) is 1.09. The summed E-state index contributed by atoms with van der Waals surface area (Å²) < 4.78 is 11.4. The van der Waals surface area contributed by atoms with Crippen LogP contribution in [0.15, 0.2) is 29.2 Å². The number of urea groups is 1. The second-order valence-corrected chi connectivity index (χ2v) is 8.38. The maximum Gasteiger partial charge on any atom is 0.321 e. The number of anilines is 1. The van der Waals surface area contributed by atoms with Gasteiger partial charge in [-0.1, -0.05) is 13.3 Å². The van der Waals surface area contributed by atoms with Crippen molar-refractivity contribution >= 4 is 34.3 Å². The van der Waals surface area contributed by atoms with E-state index in [0.29, 0.717) is 5.25 Å². The highest BCUT2D eigenvalue weighted by Gasteiger charge is 2.21. The van der Waals surface area contributed by atoms with Gasteiger partial charge in [0.1, 0.15) is 0 Å². The predicted octanol–water partition coefficient (Wildman–Crippen LogP) is 3.56. The van der Waals surface area contributed by atoms with Gasteiger partial charge in [0.05, 0.1) is 0 Å². The summed E-state index contributed by atoms with van der Waals surface area (Å²) >= 11 is 1.94. The van der Waals surface area contributed by atoms with Gasteiger partial charge in [-0.3, -0.25) is 4.21 Å². The minimum absolute atomic E-state index is 0.0334. The van der Waals surface area contributed by atoms with Crippen LogP contribution in [0, 0.1) is 0 Å². The van der Waals surface area contributed by atoms with Gasteiger partial charge in [0.15, 0.2) is 0 Å². The smallest absolute Gasteiger partial charge is 0.321 e. The van der Waals surface area contributed by atoms with Gasteiger partial charge in [-0.2, -0.15) is 11.8 Å². The van der Waals surface area contributed by atoms with E-state index in [1.807, 2.05) is 28.8 Å². The highest BCUT2D eigenvalue weighted by atomic mass is 32.2. The molecular weight excluding hydrogens is 316 g/mol. The van der Waals surface area contributed by atoms with Crippen LogP contribution >= 0.6 is 11.8 Å². The molecule has 0 radical (unpaired) electrons. The van der Waals surface area contributed by atoms with Gasteiger partial charge in [-0.15, -0.1) is 0 Å². The lowest BCUT2D eigenvalue weighted by molar-refractivity contribution is 0.214. The van der Waals surface area contributed by atoms with E-state index in [2.05, 4.69) is 12.2 Å². The Balaban J connectivity index is 1.96. The van der Waals surface area contributed by atoms with Crippen LogP contribution in [0.3, 0.4) is 0 Å². The Morgan fingerprint density at radius 1 is 1.36 bits per heavy atom. The Bertz CT molecular complexity index is 519. The van der Waals surface area contributed by atoms with Crippen molar-refractivity contribution in [1.82, 2.24) is 4.90 Å². The highest BCUT2D eigenvalue weighted by molar-refractivity contribution is 7.99. The van der Waals surface area contributed by atoms with Crippen molar-refractivity contribution in [1.29, 1.82) is 0 Å². The Morgan fingerprint density at radius 3 is 2.73 bits per heavy atom. The fraction of sp³-hybridized carbons (Fsp3) is 0.562. The molecule has 2 rings (SSSR count). The largest absolute Gasteiger partial charge is 0.323 e. The van der Waals surface area contributed by atoms with Gasteiger partial charge in [0, 0.05) is 46.0 Å². The van der Waals surface area contributed by atoms with Crippen molar-refractivity contribution in [3.63, 3.8) is 0 Å². The number of nitrogens with zero attached hydrogens (tertiary/aromatic N) is 1. The molecule has 1 aliphatic heterocycles. The molecule has 0 bridgehead atoms. The average molecular weight is 341 g/mol. The topological polar surface area (TPSA) is 49.4 Å². The van der Waals surface area contributed by atoms with Gasteiger partial charge in [0.2, 0.25) is 0 Å². The number of hydrogen-bond acceptors (Lipinski definition) is 3. The van der Waals surface area contributed by atoms with Crippen molar-refractivity contribution in [2.24, 2.45) is 0 Å². The standard InChI is InChI=1S/C16H24N2O2S2/c1-3-21-14-6-4-5-11-18(12-14)16(19)17-13-7-9-15(10-8-13)22(2)20/h7-10,14H,3-6,11-12H2,1-2H3,(H,17,19)/t14-,22+/m0/s1. The normalized spacial score (nSPS) is 20.3. The fourth-order valence-corrected chi connectivity index (χ4v) is 4.20. The van der Waals surface area contributed by atoms with Crippen molar-refractivity contribution < 1.29 is 9.00 Å². The summed E-state index contributed by atoms with van der Waals surface area (Å²) in [6.45, 7) is 3.81. The number of carbonyl (C=O) groups excluding carboxylic acids is 1. The van der Waals surface area contributed by atoms with E-state index in [9.17, 15) is 9.00 Å². The minimum Gasteiger partial charge on any atom is -0.323 e. The maximum atomic E-state index is 12.4. The van der Waals surface area contributed by atoms with Crippen LogP contribution in [0.1, 0.15) is 26.2 Å². The first-order valence-electron chi connectivity index (χ1n) is 7.71. The van der Waals surface area contributed by atoms with Gasteiger partial charge in [-0.05, 0) is 42.9 Å². The molecule has 2 atom stereocenters. The number of amides is 2. The predicted molar refractivity (Wildman–Crippen MR) is 95.1 cm³/mol. The molecule has 2 amide bonds. The first-order chi connectivity index (χ1) is 10.6. The Labute approximate surface area is 139 Å². The van der Waals surface area contributed by atoms with Crippen molar-refractivity contribution in [2.75, 3.05) is 30.4 Å². The van der Waals surface area contributed by atoms with Gasteiger partial charge < -0.3 is 10.2 Å². The number of thioether (sulfide) groups is 1. The molecule has 1 heterocycles. The molecule has 1 fully saturated rings. The highest BCUT2D eigenvalue weighted by Crippen LogP contribution is 2.22. The second-order valence-electron chi connectivity index (χ2n) is 5.43. The number of likely N-dealkylation sites (tertiary alicyclic amines) is 1. The van der Waals surface area contributed by atoms with Gasteiger partial charge in [0.25, 0.3) is 0 Å². The molecule has 1 saturated heterocycles. The zero-order valence-corrected chi connectivity index (χ0v) is 14.8. The third-order valence-corrected chi connectivity index (χ3v) is 5.88. The summed E-state index contributed by atoms with van der Waals surface area (Å²) in [5.41, 5.74) is 0.753. The molecular formula is C16H24N2O2S2. The number of rotatable bonds is 4. The summed E-state index contributed by atoms with van der Waals surface area (Å²) in [5, 5.41) is 3.49. The number of hydrogen-bond donors (Lipinski definition) is 1. The molecule has 1 aliphatic rings. The van der Waals surface area contributed by atoms with Crippen molar-refractivity contribution in [2.45, 2.75) is 36.3 Å². The maximum absolute atomic E-state index is 12.4. The molecule has 22 heavy (non-hydrogen) atoms. The summed E-state index contributed by atoms with van der Waals surface area (Å²) in [7, 11) is -0.990. The molecule has 0 saturated carbocycles. The van der Waals surface area contributed by atoms with E-state index in [1.54, 1.807) is 18.4 Å². The molecule has 6 heteroatoms. The molecule has 1 aromatic carbocycles. The fourth-order valence-electron chi connectivity index (χ4n) is 2.59. The SMILES string of the molecule is CCS[C@H]1CCCCN(C(=O)Nc2ccc([S@@](C)=O)cc2)C1. The summed E-state index contributed by atoms with van der Waals surface area (Å²) in [6.07, 6.45) is 5.11. The molecule has 4 nitrogen and oxygen atoms in total. The molecule has 1 N–H and O–H groups in total. The van der Waals surface area contributed by atoms with Gasteiger partial charge in [-0.25, -0.2) is 4.79 Å². The Hall–Kier alpha value is -1.01. The zero-order valence-electron chi connectivity index (χ0n) is 13.2. The van der Waals surface area contributed by atoms with Crippen LogP contribution in [0.5, 0.6) is 0 Å². The lowest BCUT2D eigenvalue weighted by Crippen LogP contribution is -2.38. The molecule has 0 aromatic heterocycles. The summed E-state index contributed by atoms with van der Waals surface area (Å²) in [6, 6.07) is 7.18. The first-order valence-corrected chi connectivity index (χ1v) is 10.3. The van der Waals surface area contributed by atoms with Crippen LogP contribution in [0.2, 0.25) is 0 Å². The van der Waals surface area contributed by atoms with Crippen LogP contribution in [-0.4, -0.2) is 45.5 Å². The van der Waals surface area contributed by atoms with E-state index < -0.39 is 10.8 Å².